The molecule has 0 bridgehead atoms. The maximum absolute atomic E-state index is 9.07. The Morgan fingerprint density at radius 1 is 1.50 bits per heavy atom. The minimum atomic E-state index is 0.00814. The summed E-state index contributed by atoms with van der Waals surface area (Å²) in [6, 6.07) is 2.98. The van der Waals surface area contributed by atoms with Gasteiger partial charge in [0.2, 0.25) is 0 Å². The van der Waals surface area contributed by atoms with Crippen molar-refractivity contribution in [1.82, 2.24) is 10.2 Å². The van der Waals surface area contributed by atoms with Crippen molar-refractivity contribution in [3.8, 4) is 6.07 Å². The van der Waals surface area contributed by atoms with Crippen molar-refractivity contribution >= 4 is 0 Å². The summed E-state index contributed by atoms with van der Waals surface area (Å²) >= 11 is 0. The fourth-order valence-electron chi connectivity index (χ4n) is 2.37. The minimum absolute atomic E-state index is 0.00814. The van der Waals surface area contributed by atoms with Crippen LogP contribution in [0.2, 0.25) is 0 Å². The molecule has 16 heavy (non-hydrogen) atoms. The van der Waals surface area contributed by atoms with Gasteiger partial charge in [-0.1, -0.05) is 0 Å². The van der Waals surface area contributed by atoms with Gasteiger partial charge in [-0.2, -0.15) is 5.26 Å². The smallest absolute Gasteiger partial charge is 0.108 e. The van der Waals surface area contributed by atoms with Crippen LogP contribution in [0.15, 0.2) is 0 Å². The molecule has 2 rings (SSSR count). The number of hydrogen-bond donors (Lipinski definition) is 1. The Balaban J connectivity index is 1.70. The molecule has 4 nitrogen and oxygen atoms in total. The second-order valence-electron chi connectivity index (χ2n) is 4.99. The van der Waals surface area contributed by atoms with Gasteiger partial charge in [0.05, 0.1) is 12.7 Å². The number of hydrogen-bond acceptors (Lipinski definition) is 4. The van der Waals surface area contributed by atoms with Crippen LogP contribution < -0.4 is 5.32 Å². The molecule has 2 fully saturated rings. The lowest BCUT2D eigenvalue weighted by Gasteiger charge is -2.20. The zero-order valence-corrected chi connectivity index (χ0v) is 9.98. The van der Waals surface area contributed by atoms with Gasteiger partial charge < -0.3 is 9.64 Å². The molecule has 1 aliphatic carbocycles. The Morgan fingerprint density at radius 3 is 2.94 bits per heavy atom. The zero-order valence-electron chi connectivity index (χ0n) is 9.98. The number of nitrogens with one attached hydrogen (secondary N) is 1. The fourth-order valence-corrected chi connectivity index (χ4v) is 2.37. The molecule has 1 saturated carbocycles. The predicted octanol–water partition coefficient (Wildman–Crippen LogP) is 0.599. The molecule has 0 spiro atoms. The first-order valence-corrected chi connectivity index (χ1v) is 6.18. The van der Waals surface area contributed by atoms with Crippen LogP contribution in [-0.2, 0) is 4.74 Å². The summed E-state index contributed by atoms with van der Waals surface area (Å²) in [6.07, 6.45) is 3.68. The molecule has 1 heterocycles. The molecule has 1 saturated heterocycles. The van der Waals surface area contributed by atoms with Crippen molar-refractivity contribution in [3.63, 3.8) is 0 Å². The van der Waals surface area contributed by atoms with Crippen LogP contribution in [-0.4, -0.2) is 50.3 Å². The quantitative estimate of drug-likeness (QED) is 0.716. The number of rotatable bonds is 6. The van der Waals surface area contributed by atoms with Gasteiger partial charge >= 0.3 is 0 Å². The molecule has 1 N–H and O–H groups in total. The molecule has 0 radical (unpaired) electrons. The monoisotopic (exact) mass is 223 g/mol. The number of ether oxygens (including phenoxy) is 1. The second kappa shape index (κ2) is 5.62. The van der Waals surface area contributed by atoms with Crippen molar-refractivity contribution in [3.05, 3.63) is 0 Å². The first-order valence-electron chi connectivity index (χ1n) is 6.18. The first-order chi connectivity index (χ1) is 7.81. The van der Waals surface area contributed by atoms with E-state index in [1.807, 2.05) is 0 Å². The third kappa shape index (κ3) is 3.44. The molecule has 0 aromatic rings. The van der Waals surface area contributed by atoms with Gasteiger partial charge in [-0.05, 0) is 31.7 Å². The maximum Gasteiger partial charge on any atom is 0.108 e. The molecule has 2 atom stereocenters. The first kappa shape index (κ1) is 11.8. The topological polar surface area (TPSA) is 48.3 Å². The van der Waals surface area contributed by atoms with Crippen LogP contribution in [0.5, 0.6) is 0 Å². The van der Waals surface area contributed by atoms with E-state index < -0.39 is 0 Å². The molecule has 0 aromatic heterocycles. The van der Waals surface area contributed by atoms with Crippen molar-refractivity contribution in [2.24, 2.45) is 5.92 Å². The van der Waals surface area contributed by atoms with E-state index in [1.165, 1.54) is 19.3 Å². The van der Waals surface area contributed by atoms with E-state index in [4.69, 9.17) is 10.00 Å². The van der Waals surface area contributed by atoms with Gasteiger partial charge in [0.25, 0.3) is 0 Å². The van der Waals surface area contributed by atoms with Crippen molar-refractivity contribution in [2.75, 3.05) is 33.4 Å². The van der Waals surface area contributed by atoms with Gasteiger partial charge in [-0.3, -0.25) is 5.32 Å². The molecule has 2 aliphatic rings. The standard InChI is InChI=1S/C12H21N3O/c1-16-9-10-4-5-15(7-10)8-12(6-13)14-11-2-3-11/h10-12,14H,2-5,7-9H2,1H3. The lowest BCUT2D eigenvalue weighted by molar-refractivity contribution is 0.152. The van der Waals surface area contributed by atoms with Crippen molar-refractivity contribution < 1.29 is 4.74 Å². The Labute approximate surface area is 97.6 Å². The van der Waals surface area contributed by atoms with Gasteiger partial charge in [0.15, 0.2) is 0 Å². The molecule has 90 valence electrons. The summed E-state index contributed by atoms with van der Waals surface area (Å²) < 4.78 is 5.17. The van der Waals surface area contributed by atoms with E-state index in [1.54, 1.807) is 7.11 Å². The van der Waals surface area contributed by atoms with Gasteiger partial charge in [-0.25, -0.2) is 0 Å². The van der Waals surface area contributed by atoms with E-state index in [9.17, 15) is 0 Å². The Kier molecular flexibility index (Phi) is 4.16. The highest BCUT2D eigenvalue weighted by Gasteiger charge is 2.28. The molecule has 0 amide bonds. The minimum Gasteiger partial charge on any atom is -0.384 e. The Hall–Kier alpha value is -0.630. The average molecular weight is 223 g/mol. The van der Waals surface area contributed by atoms with Crippen molar-refractivity contribution in [2.45, 2.75) is 31.3 Å². The summed E-state index contributed by atoms with van der Waals surface area (Å²) in [5, 5.41) is 12.4. The highest BCUT2D eigenvalue weighted by molar-refractivity contribution is 4.98. The number of nitriles is 1. The molecule has 2 unspecified atom stereocenters. The predicted molar refractivity (Wildman–Crippen MR) is 62.0 cm³/mol. The van der Waals surface area contributed by atoms with Crippen LogP contribution >= 0.6 is 0 Å². The molecular formula is C12H21N3O. The van der Waals surface area contributed by atoms with Gasteiger partial charge in [0, 0.05) is 26.2 Å². The zero-order chi connectivity index (χ0) is 11.4. The van der Waals surface area contributed by atoms with Crippen molar-refractivity contribution in [1.29, 1.82) is 5.26 Å². The summed E-state index contributed by atoms with van der Waals surface area (Å²) in [7, 11) is 1.76. The van der Waals surface area contributed by atoms with Crippen LogP contribution in [0.1, 0.15) is 19.3 Å². The van der Waals surface area contributed by atoms with Crippen LogP contribution in [0.25, 0.3) is 0 Å². The molecule has 0 aromatic carbocycles. The fraction of sp³-hybridized carbons (Fsp3) is 0.917. The highest BCUT2D eigenvalue weighted by atomic mass is 16.5. The molecule has 4 heteroatoms. The van der Waals surface area contributed by atoms with Gasteiger partial charge in [-0.15, -0.1) is 0 Å². The van der Waals surface area contributed by atoms with E-state index in [0.29, 0.717) is 12.0 Å². The highest BCUT2D eigenvalue weighted by Crippen LogP contribution is 2.20. The van der Waals surface area contributed by atoms with E-state index >= 15 is 0 Å². The SMILES string of the molecule is COCC1CCN(CC(C#N)NC2CC2)C1. The number of methoxy groups -OCH3 is 1. The maximum atomic E-state index is 9.07. The normalized spacial score (nSPS) is 27.9. The Bertz CT molecular complexity index is 259. The van der Waals surface area contributed by atoms with E-state index in [2.05, 4.69) is 16.3 Å². The molecule has 1 aliphatic heterocycles. The lowest BCUT2D eigenvalue weighted by atomic mass is 10.1. The van der Waals surface area contributed by atoms with Crippen LogP contribution in [0, 0.1) is 17.2 Å². The average Bonchev–Trinajstić information content (AvgIpc) is 2.99. The largest absolute Gasteiger partial charge is 0.384 e. The summed E-state index contributed by atoms with van der Waals surface area (Å²) in [4.78, 5) is 2.38. The van der Waals surface area contributed by atoms with E-state index in [0.717, 1.165) is 26.2 Å². The number of nitrogens with zero attached hydrogens (tertiary/aromatic N) is 2. The summed E-state index contributed by atoms with van der Waals surface area (Å²) in [6.45, 7) is 3.91. The second-order valence-corrected chi connectivity index (χ2v) is 4.99. The molecular weight excluding hydrogens is 202 g/mol. The lowest BCUT2D eigenvalue weighted by Crippen LogP contribution is -2.40. The third-order valence-electron chi connectivity index (χ3n) is 3.38. The van der Waals surface area contributed by atoms with Gasteiger partial charge in [0.1, 0.15) is 6.04 Å². The summed E-state index contributed by atoms with van der Waals surface area (Å²) in [5.74, 6) is 0.658. The van der Waals surface area contributed by atoms with Crippen LogP contribution in [0.3, 0.4) is 0 Å². The third-order valence-corrected chi connectivity index (χ3v) is 3.38. The van der Waals surface area contributed by atoms with E-state index in [-0.39, 0.29) is 6.04 Å². The number of likely N-dealkylation sites (tertiary alicyclic amines) is 1. The van der Waals surface area contributed by atoms with Crippen LogP contribution in [0.4, 0.5) is 0 Å². The Morgan fingerprint density at radius 2 is 2.31 bits per heavy atom. The summed E-state index contributed by atoms with van der Waals surface area (Å²) in [5.41, 5.74) is 0.